The predicted molar refractivity (Wildman–Crippen MR) is 54.4 cm³/mol. The highest BCUT2D eigenvalue weighted by atomic mass is 16.3. The zero-order chi connectivity index (χ0) is 9.10. The van der Waals surface area contributed by atoms with Crippen LogP contribution in [0.2, 0.25) is 0 Å². The molecule has 1 saturated carbocycles. The third-order valence-electron chi connectivity index (χ3n) is 3.68. The largest absolute Gasteiger partial charge is 0.393 e. The van der Waals surface area contributed by atoms with E-state index in [2.05, 4.69) is 12.2 Å². The first kappa shape index (κ1) is 9.26. The number of aliphatic hydroxyl groups is 1. The van der Waals surface area contributed by atoms with Gasteiger partial charge in [0.05, 0.1) is 6.10 Å². The zero-order valence-corrected chi connectivity index (χ0v) is 8.28. The number of hydrogen-bond acceptors (Lipinski definition) is 1. The lowest BCUT2D eigenvalue weighted by atomic mass is 9.82. The maximum absolute atomic E-state index is 10.1. The summed E-state index contributed by atoms with van der Waals surface area (Å²) < 4.78 is 0. The average molecular weight is 180 g/mol. The molecule has 2 rings (SSSR count). The summed E-state index contributed by atoms with van der Waals surface area (Å²) in [6.45, 7) is 0. The Morgan fingerprint density at radius 3 is 2.38 bits per heavy atom. The molecule has 0 aromatic carbocycles. The van der Waals surface area contributed by atoms with E-state index in [1.54, 1.807) is 0 Å². The van der Waals surface area contributed by atoms with Crippen LogP contribution >= 0.6 is 0 Å². The summed E-state index contributed by atoms with van der Waals surface area (Å²) in [5.74, 6) is 1.18. The van der Waals surface area contributed by atoms with E-state index in [0.29, 0.717) is 11.8 Å². The van der Waals surface area contributed by atoms with Crippen molar-refractivity contribution in [3.63, 3.8) is 0 Å². The third-order valence-corrected chi connectivity index (χ3v) is 3.68. The second-order valence-corrected chi connectivity index (χ2v) is 4.58. The summed E-state index contributed by atoms with van der Waals surface area (Å²) in [6, 6.07) is 0. The van der Waals surface area contributed by atoms with Gasteiger partial charge >= 0.3 is 0 Å². The quantitative estimate of drug-likeness (QED) is 0.648. The Labute approximate surface area is 80.8 Å². The van der Waals surface area contributed by atoms with E-state index >= 15 is 0 Å². The first-order chi connectivity index (χ1) is 6.38. The molecule has 2 aliphatic carbocycles. The molecule has 0 aromatic rings. The average Bonchev–Trinajstić information content (AvgIpc) is 2.71. The van der Waals surface area contributed by atoms with E-state index in [-0.39, 0.29) is 6.10 Å². The van der Waals surface area contributed by atoms with Gasteiger partial charge in [0.2, 0.25) is 0 Å². The number of aliphatic hydroxyl groups excluding tert-OH is 1. The van der Waals surface area contributed by atoms with Crippen molar-refractivity contribution < 1.29 is 5.11 Å². The minimum Gasteiger partial charge on any atom is -0.393 e. The van der Waals surface area contributed by atoms with Gasteiger partial charge in [-0.05, 0) is 43.9 Å². The van der Waals surface area contributed by atoms with Crippen molar-refractivity contribution >= 4 is 0 Å². The van der Waals surface area contributed by atoms with E-state index < -0.39 is 0 Å². The summed E-state index contributed by atoms with van der Waals surface area (Å²) in [7, 11) is 0. The fourth-order valence-electron chi connectivity index (χ4n) is 2.81. The minimum absolute atomic E-state index is 0.00699. The molecule has 0 spiro atoms. The monoisotopic (exact) mass is 180 g/mol. The van der Waals surface area contributed by atoms with E-state index in [1.807, 2.05) is 0 Å². The summed E-state index contributed by atoms with van der Waals surface area (Å²) >= 11 is 0. The summed E-state index contributed by atoms with van der Waals surface area (Å²) in [5.41, 5.74) is 0. The fourth-order valence-corrected chi connectivity index (χ4v) is 2.81. The molecule has 0 saturated heterocycles. The second kappa shape index (κ2) is 4.28. The van der Waals surface area contributed by atoms with Crippen molar-refractivity contribution in [1.82, 2.24) is 0 Å². The number of hydrogen-bond donors (Lipinski definition) is 1. The van der Waals surface area contributed by atoms with Gasteiger partial charge in [-0.25, -0.2) is 0 Å². The van der Waals surface area contributed by atoms with Crippen molar-refractivity contribution in [2.75, 3.05) is 0 Å². The zero-order valence-electron chi connectivity index (χ0n) is 8.28. The molecule has 0 bridgehead atoms. The normalized spacial score (nSPS) is 32.2. The van der Waals surface area contributed by atoms with Crippen molar-refractivity contribution in [1.29, 1.82) is 0 Å². The number of allylic oxidation sites excluding steroid dienone is 2. The molecule has 1 fully saturated rings. The SMILES string of the molecule is OC(C1CC=CCC1)C1CCCC1. The first-order valence-electron chi connectivity index (χ1n) is 5.71. The van der Waals surface area contributed by atoms with Gasteiger partial charge in [-0.15, -0.1) is 0 Å². The highest BCUT2D eigenvalue weighted by molar-refractivity contribution is 4.94. The van der Waals surface area contributed by atoms with Crippen LogP contribution < -0.4 is 0 Å². The Kier molecular flexibility index (Phi) is 3.05. The van der Waals surface area contributed by atoms with Crippen molar-refractivity contribution in [3.8, 4) is 0 Å². The van der Waals surface area contributed by atoms with Crippen molar-refractivity contribution in [2.24, 2.45) is 11.8 Å². The van der Waals surface area contributed by atoms with Crippen LogP contribution in [0.15, 0.2) is 12.2 Å². The van der Waals surface area contributed by atoms with E-state index in [4.69, 9.17) is 0 Å². The van der Waals surface area contributed by atoms with E-state index in [1.165, 1.54) is 38.5 Å². The standard InChI is InChI=1S/C12H20O/c13-12(11-8-4-5-9-11)10-6-2-1-3-7-10/h1-2,10-13H,3-9H2. The molecule has 0 aromatic heterocycles. The third kappa shape index (κ3) is 2.14. The molecule has 2 unspecified atom stereocenters. The topological polar surface area (TPSA) is 20.2 Å². The molecule has 13 heavy (non-hydrogen) atoms. The van der Waals surface area contributed by atoms with Gasteiger partial charge in [0.25, 0.3) is 0 Å². The lowest BCUT2D eigenvalue weighted by molar-refractivity contribution is 0.0484. The van der Waals surface area contributed by atoms with E-state index in [0.717, 1.165) is 6.42 Å². The summed E-state index contributed by atoms with van der Waals surface area (Å²) in [4.78, 5) is 0. The minimum atomic E-state index is -0.00699. The van der Waals surface area contributed by atoms with Gasteiger partial charge in [-0.3, -0.25) is 0 Å². The van der Waals surface area contributed by atoms with Gasteiger partial charge in [0.1, 0.15) is 0 Å². The molecular weight excluding hydrogens is 160 g/mol. The molecular formula is C12H20O. The van der Waals surface area contributed by atoms with Crippen LogP contribution in [0.1, 0.15) is 44.9 Å². The molecule has 0 heterocycles. The van der Waals surface area contributed by atoms with Crippen LogP contribution in [0.5, 0.6) is 0 Å². The van der Waals surface area contributed by atoms with Gasteiger partial charge in [-0.2, -0.15) is 0 Å². The smallest absolute Gasteiger partial charge is 0.0599 e. The van der Waals surface area contributed by atoms with Crippen molar-refractivity contribution in [3.05, 3.63) is 12.2 Å². The lowest BCUT2D eigenvalue weighted by Crippen LogP contribution is -2.28. The van der Waals surface area contributed by atoms with Gasteiger partial charge in [-0.1, -0.05) is 25.0 Å². The van der Waals surface area contributed by atoms with Gasteiger partial charge in [0.15, 0.2) is 0 Å². The van der Waals surface area contributed by atoms with Crippen molar-refractivity contribution in [2.45, 2.75) is 51.0 Å². The molecule has 1 nitrogen and oxygen atoms in total. The summed E-state index contributed by atoms with van der Waals surface area (Å²) in [5, 5.41) is 10.1. The van der Waals surface area contributed by atoms with Crippen LogP contribution in [0.25, 0.3) is 0 Å². The number of rotatable bonds is 2. The molecule has 0 aliphatic heterocycles. The first-order valence-corrected chi connectivity index (χ1v) is 5.71. The summed E-state index contributed by atoms with van der Waals surface area (Å²) in [6.07, 6.45) is 13.2. The molecule has 1 heteroatoms. The molecule has 0 amide bonds. The Bertz CT molecular complexity index is 180. The Morgan fingerprint density at radius 1 is 1.00 bits per heavy atom. The van der Waals surface area contributed by atoms with Crippen LogP contribution in [0.3, 0.4) is 0 Å². The molecule has 2 atom stereocenters. The second-order valence-electron chi connectivity index (χ2n) is 4.58. The van der Waals surface area contributed by atoms with Crippen LogP contribution in [-0.2, 0) is 0 Å². The fraction of sp³-hybridized carbons (Fsp3) is 0.833. The molecule has 1 N–H and O–H groups in total. The lowest BCUT2D eigenvalue weighted by Gasteiger charge is -2.28. The highest BCUT2D eigenvalue weighted by Gasteiger charge is 2.29. The molecule has 2 aliphatic rings. The van der Waals surface area contributed by atoms with Crippen LogP contribution in [0, 0.1) is 11.8 Å². The predicted octanol–water partition coefficient (Wildman–Crippen LogP) is 2.89. The Balaban J connectivity index is 1.87. The molecule has 74 valence electrons. The van der Waals surface area contributed by atoms with Crippen LogP contribution in [0.4, 0.5) is 0 Å². The van der Waals surface area contributed by atoms with Gasteiger partial charge < -0.3 is 5.11 Å². The molecule has 0 radical (unpaired) electrons. The maximum Gasteiger partial charge on any atom is 0.0599 e. The maximum atomic E-state index is 10.1. The Morgan fingerprint density at radius 2 is 1.77 bits per heavy atom. The highest BCUT2D eigenvalue weighted by Crippen LogP contribution is 2.34. The Hall–Kier alpha value is -0.300. The van der Waals surface area contributed by atoms with Crippen LogP contribution in [-0.4, -0.2) is 11.2 Å². The van der Waals surface area contributed by atoms with E-state index in [9.17, 15) is 5.11 Å². The van der Waals surface area contributed by atoms with Gasteiger partial charge in [0, 0.05) is 0 Å².